The zero-order valence-corrected chi connectivity index (χ0v) is 16.0. The van der Waals surface area contributed by atoms with Crippen LogP contribution in [-0.4, -0.2) is 79.1 Å². The zero-order valence-electron chi connectivity index (χ0n) is 16.0. The standard InChI is InChI=1S/C20H29N3O3/c1-16-4-6-17(7-5-16)18(24)8-9-19(25)22-12-14-23(15-13-22)20(26)10-11-21(2)3/h4-7H,8-15H2,1-3H3. The first-order valence-corrected chi connectivity index (χ1v) is 9.17. The second-order valence-electron chi connectivity index (χ2n) is 7.10. The van der Waals surface area contributed by atoms with Crippen LogP contribution in [0.5, 0.6) is 0 Å². The fraction of sp³-hybridized carbons (Fsp3) is 0.550. The maximum absolute atomic E-state index is 12.3. The molecule has 0 aliphatic carbocycles. The summed E-state index contributed by atoms with van der Waals surface area (Å²) in [5, 5.41) is 0. The van der Waals surface area contributed by atoms with Crippen molar-refractivity contribution in [3.05, 3.63) is 35.4 Å². The monoisotopic (exact) mass is 359 g/mol. The molecule has 26 heavy (non-hydrogen) atoms. The highest BCUT2D eigenvalue weighted by atomic mass is 16.2. The average molecular weight is 359 g/mol. The molecule has 0 radical (unpaired) electrons. The number of nitrogens with zero attached hydrogens (tertiary/aromatic N) is 3. The Bertz CT molecular complexity index is 632. The Labute approximate surface area is 155 Å². The Kier molecular flexibility index (Phi) is 7.33. The van der Waals surface area contributed by atoms with Gasteiger partial charge in [0.15, 0.2) is 5.78 Å². The van der Waals surface area contributed by atoms with Gasteiger partial charge in [-0.15, -0.1) is 0 Å². The van der Waals surface area contributed by atoms with Crippen LogP contribution in [0.4, 0.5) is 0 Å². The third-order valence-electron chi connectivity index (χ3n) is 4.70. The SMILES string of the molecule is Cc1ccc(C(=O)CCC(=O)N2CCN(C(=O)CCN(C)C)CC2)cc1. The van der Waals surface area contributed by atoms with Crippen molar-refractivity contribution in [2.45, 2.75) is 26.2 Å². The van der Waals surface area contributed by atoms with Gasteiger partial charge >= 0.3 is 0 Å². The summed E-state index contributed by atoms with van der Waals surface area (Å²) in [6.45, 7) is 4.95. The molecule has 2 amide bonds. The topological polar surface area (TPSA) is 60.9 Å². The summed E-state index contributed by atoms with van der Waals surface area (Å²) < 4.78 is 0. The van der Waals surface area contributed by atoms with Crippen LogP contribution >= 0.6 is 0 Å². The number of carbonyl (C=O) groups is 3. The van der Waals surface area contributed by atoms with Gasteiger partial charge in [0.1, 0.15) is 0 Å². The van der Waals surface area contributed by atoms with Gasteiger partial charge in [0.25, 0.3) is 0 Å². The van der Waals surface area contributed by atoms with Crippen molar-refractivity contribution in [1.82, 2.24) is 14.7 Å². The predicted molar refractivity (Wildman–Crippen MR) is 101 cm³/mol. The molecule has 6 heteroatoms. The zero-order chi connectivity index (χ0) is 19.1. The Morgan fingerprint density at radius 1 is 0.846 bits per heavy atom. The van der Waals surface area contributed by atoms with E-state index >= 15 is 0 Å². The average Bonchev–Trinajstić information content (AvgIpc) is 2.64. The van der Waals surface area contributed by atoms with E-state index in [4.69, 9.17) is 0 Å². The summed E-state index contributed by atoms with van der Waals surface area (Å²) in [7, 11) is 3.89. The van der Waals surface area contributed by atoms with E-state index in [-0.39, 0.29) is 30.4 Å². The Hall–Kier alpha value is -2.21. The summed E-state index contributed by atoms with van der Waals surface area (Å²) in [5.74, 6) is 0.127. The minimum atomic E-state index is -0.00847. The fourth-order valence-corrected chi connectivity index (χ4v) is 2.94. The molecule has 0 atom stereocenters. The highest BCUT2D eigenvalue weighted by Crippen LogP contribution is 2.11. The van der Waals surface area contributed by atoms with Gasteiger partial charge in [-0.1, -0.05) is 29.8 Å². The molecule has 1 fully saturated rings. The molecule has 0 saturated carbocycles. The Morgan fingerprint density at radius 3 is 1.85 bits per heavy atom. The van der Waals surface area contributed by atoms with Gasteiger partial charge in [0.05, 0.1) is 0 Å². The molecule has 1 saturated heterocycles. The lowest BCUT2D eigenvalue weighted by Gasteiger charge is -2.35. The normalized spacial score (nSPS) is 14.6. The largest absolute Gasteiger partial charge is 0.339 e. The van der Waals surface area contributed by atoms with Gasteiger partial charge in [0, 0.05) is 57.5 Å². The van der Waals surface area contributed by atoms with Crippen molar-refractivity contribution >= 4 is 17.6 Å². The maximum atomic E-state index is 12.3. The van der Waals surface area contributed by atoms with Gasteiger partial charge in [-0.05, 0) is 21.0 Å². The van der Waals surface area contributed by atoms with Crippen LogP contribution < -0.4 is 0 Å². The van der Waals surface area contributed by atoms with Crippen LogP contribution in [0.15, 0.2) is 24.3 Å². The van der Waals surface area contributed by atoms with Crippen molar-refractivity contribution < 1.29 is 14.4 Å². The van der Waals surface area contributed by atoms with Gasteiger partial charge in [-0.25, -0.2) is 0 Å². The predicted octanol–water partition coefficient (Wildman–Crippen LogP) is 1.58. The number of rotatable bonds is 7. The number of ketones is 1. The van der Waals surface area contributed by atoms with E-state index in [0.29, 0.717) is 38.2 Å². The lowest BCUT2D eigenvalue weighted by Crippen LogP contribution is -2.50. The molecular weight excluding hydrogens is 330 g/mol. The number of hydrogen-bond acceptors (Lipinski definition) is 4. The third kappa shape index (κ3) is 5.95. The summed E-state index contributed by atoms with van der Waals surface area (Å²) in [5.41, 5.74) is 1.76. The highest BCUT2D eigenvalue weighted by molar-refractivity contribution is 5.98. The molecule has 0 unspecified atom stereocenters. The number of benzene rings is 1. The van der Waals surface area contributed by atoms with Gasteiger partial charge in [-0.3, -0.25) is 14.4 Å². The van der Waals surface area contributed by atoms with Crippen LogP contribution in [0.3, 0.4) is 0 Å². The van der Waals surface area contributed by atoms with E-state index in [1.807, 2.05) is 43.0 Å². The fourth-order valence-electron chi connectivity index (χ4n) is 2.94. The summed E-state index contributed by atoms with van der Waals surface area (Å²) in [6, 6.07) is 7.42. The van der Waals surface area contributed by atoms with Crippen molar-refractivity contribution in [3.8, 4) is 0 Å². The molecule has 0 spiro atoms. The summed E-state index contributed by atoms with van der Waals surface area (Å²) >= 11 is 0. The minimum absolute atomic E-state index is 0.00384. The molecule has 0 bridgehead atoms. The first-order chi connectivity index (χ1) is 12.4. The first kappa shape index (κ1) is 20.1. The van der Waals surface area contributed by atoms with Gasteiger partial charge in [0.2, 0.25) is 11.8 Å². The van der Waals surface area contributed by atoms with E-state index in [9.17, 15) is 14.4 Å². The van der Waals surface area contributed by atoms with Crippen LogP contribution in [0.1, 0.15) is 35.2 Å². The van der Waals surface area contributed by atoms with Crippen molar-refractivity contribution in [1.29, 1.82) is 0 Å². The van der Waals surface area contributed by atoms with Crippen LogP contribution in [0.25, 0.3) is 0 Å². The molecule has 2 rings (SSSR count). The van der Waals surface area contributed by atoms with E-state index in [0.717, 1.165) is 12.1 Å². The van der Waals surface area contributed by atoms with Crippen LogP contribution in [-0.2, 0) is 9.59 Å². The van der Waals surface area contributed by atoms with E-state index in [1.54, 1.807) is 17.0 Å². The van der Waals surface area contributed by atoms with E-state index in [1.165, 1.54) is 0 Å². The molecule has 1 heterocycles. The molecule has 1 aliphatic heterocycles. The third-order valence-corrected chi connectivity index (χ3v) is 4.70. The van der Waals surface area contributed by atoms with E-state index < -0.39 is 0 Å². The van der Waals surface area contributed by atoms with Crippen molar-refractivity contribution in [2.75, 3.05) is 46.8 Å². The first-order valence-electron chi connectivity index (χ1n) is 9.17. The highest BCUT2D eigenvalue weighted by Gasteiger charge is 2.24. The number of hydrogen-bond donors (Lipinski definition) is 0. The quantitative estimate of drug-likeness (QED) is 0.694. The molecule has 1 aromatic rings. The molecular formula is C20H29N3O3. The number of carbonyl (C=O) groups excluding carboxylic acids is 3. The van der Waals surface area contributed by atoms with Crippen LogP contribution in [0.2, 0.25) is 0 Å². The van der Waals surface area contributed by atoms with Crippen LogP contribution in [0, 0.1) is 6.92 Å². The number of aryl methyl sites for hydroxylation is 1. The maximum Gasteiger partial charge on any atom is 0.223 e. The smallest absolute Gasteiger partial charge is 0.223 e. The molecule has 6 nitrogen and oxygen atoms in total. The Balaban J connectivity index is 1.73. The Morgan fingerprint density at radius 2 is 1.35 bits per heavy atom. The number of Topliss-reactive ketones (excluding diaryl/α,β-unsaturated/α-hetero) is 1. The van der Waals surface area contributed by atoms with Gasteiger partial charge < -0.3 is 14.7 Å². The molecule has 0 aromatic heterocycles. The lowest BCUT2D eigenvalue weighted by molar-refractivity contribution is -0.139. The van der Waals surface area contributed by atoms with Crippen molar-refractivity contribution in [3.63, 3.8) is 0 Å². The number of amides is 2. The molecule has 142 valence electrons. The summed E-state index contributed by atoms with van der Waals surface area (Å²) in [6.07, 6.45) is 0.956. The van der Waals surface area contributed by atoms with Gasteiger partial charge in [-0.2, -0.15) is 0 Å². The molecule has 0 N–H and O–H groups in total. The number of piperazine rings is 1. The lowest BCUT2D eigenvalue weighted by atomic mass is 10.0. The minimum Gasteiger partial charge on any atom is -0.339 e. The van der Waals surface area contributed by atoms with Crippen molar-refractivity contribution in [2.24, 2.45) is 0 Å². The molecule has 1 aromatic carbocycles. The second-order valence-corrected chi connectivity index (χ2v) is 7.10. The van der Waals surface area contributed by atoms with E-state index in [2.05, 4.69) is 0 Å². The molecule has 1 aliphatic rings. The second kappa shape index (κ2) is 9.48. The summed E-state index contributed by atoms with van der Waals surface area (Å²) in [4.78, 5) is 42.2.